The first-order valence-electron chi connectivity index (χ1n) is 1.92. The smallest absolute Gasteiger partial charge is 0.423 e. The largest absolute Gasteiger partial charge is 0.464 e. The molecule has 7 heteroatoms. The highest BCUT2D eigenvalue weighted by atomic mass is 16.4. The second kappa shape index (κ2) is 3.50. The van der Waals surface area contributed by atoms with E-state index in [9.17, 15) is 9.59 Å². The second-order valence-corrected chi connectivity index (χ2v) is 1.03. The van der Waals surface area contributed by atoms with Gasteiger partial charge in [-0.15, -0.1) is 0 Å². The van der Waals surface area contributed by atoms with E-state index >= 15 is 0 Å². The number of carbonyl (C=O) groups excluding carboxylic acids is 1. The average molecular weight is 134 g/mol. The summed E-state index contributed by atoms with van der Waals surface area (Å²) in [6.45, 7) is 0. The standard InChI is InChI=1S/C2H6N4O3/c3-4-1(7)5-6-2(8)9/h6H,3H2,(H,8,9)(H2,4,5,7). The first-order valence-corrected chi connectivity index (χ1v) is 1.92. The van der Waals surface area contributed by atoms with Crippen molar-refractivity contribution < 1.29 is 14.7 Å². The van der Waals surface area contributed by atoms with Gasteiger partial charge in [0, 0.05) is 0 Å². The van der Waals surface area contributed by atoms with Crippen LogP contribution in [-0.2, 0) is 0 Å². The Bertz CT molecular complexity index is 123. The topological polar surface area (TPSA) is 116 Å². The quantitative estimate of drug-likeness (QED) is 0.155. The van der Waals surface area contributed by atoms with Crippen LogP contribution in [-0.4, -0.2) is 17.2 Å². The Balaban J connectivity index is 3.28. The van der Waals surface area contributed by atoms with Crippen molar-refractivity contribution >= 4 is 12.1 Å². The van der Waals surface area contributed by atoms with Gasteiger partial charge in [0.1, 0.15) is 0 Å². The maximum absolute atomic E-state index is 10.0. The number of carboxylic acid groups (broad SMARTS) is 1. The molecule has 0 aliphatic rings. The monoisotopic (exact) mass is 134 g/mol. The van der Waals surface area contributed by atoms with E-state index in [1.165, 1.54) is 0 Å². The SMILES string of the molecule is NNC(=O)NNC(=O)O. The van der Waals surface area contributed by atoms with Gasteiger partial charge in [0.05, 0.1) is 0 Å². The van der Waals surface area contributed by atoms with Gasteiger partial charge in [0.15, 0.2) is 0 Å². The van der Waals surface area contributed by atoms with E-state index in [2.05, 4.69) is 5.84 Å². The number of urea groups is 1. The molecule has 0 aromatic heterocycles. The van der Waals surface area contributed by atoms with Crippen LogP contribution in [0.5, 0.6) is 0 Å². The number of amides is 3. The van der Waals surface area contributed by atoms with Crippen molar-refractivity contribution in [1.82, 2.24) is 16.3 Å². The van der Waals surface area contributed by atoms with Crippen LogP contribution >= 0.6 is 0 Å². The Hall–Kier alpha value is -1.50. The second-order valence-electron chi connectivity index (χ2n) is 1.03. The van der Waals surface area contributed by atoms with Gasteiger partial charge in [0.2, 0.25) is 0 Å². The predicted molar refractivity (Wildman–Crippen MR) is 27.0 cm³/mol. The van der Waals surface area contributed by atoms with Crippen molar-refractivity contribution in [3.8, 4) is 0 Å². The van der Waals surface area contributed by atoms with E-state index in [1.54, 1.807) is 16.3 Å². The van der Waals surface area contributed by atoms with Gasteiger partial charge in [-0.3, -0.25) is 5.43 Å². The van der Waals surface area contributed by atoms with Gasteiger partial charge < -0.3 is 5.11 Å². The molecule has 0 rings (SSSR count). The zero-order valence-electron chi connectivity index (χ0n) is 4.34. The lowest BCUT2D eigenvalue weighted by Crippen LogP contribution is -2.48. The Kier molecular flexibility index (Phi) is 2.91. The molecule has 0 radical (unpaired) electrons. The Labute approximate surface area is 50.2 Å². The third-order valence-corrected chi connectivity index (χ3v) is 0.414. The van der Waals surface area contributed by atoms with Gasteiger partial charge in [-0.25, -0.2) is 26.3 Å². The molecule has 3 amide bonds. The van der Waals surface area contributed by atoms with Gasteiger partial charge in [-0.05, 0) is 0 Å². The minimum absolute atomic E-state index is 0.822. The van der Waals surface area contributed by atoms with Gasteiger partial charge in [-0.2, -0.15) is 0 Å². The molecule has 0 spiro atoms. The van der Waals surface area contributed by atoms with Crippen molar-refractivity contribution in [3.63, 3.8) is 0 Å². The van der Waals surface area contributed by atoms with Crippen LogP contribution in [0.2, 0.25) is 0 Å². The third-order valence-electron chi connectivity index (χ3n) is 0.414. The number of carbonyl (C=O) groups is 2. The maximum atomic E-state index is 10.0. The van der Waals surface area contributed by atoms with Crippen LogP contribution in [0.4, 0.5) is 9.59 Å². The van der Waals surface area contributed by atoms with Crippen LogP contribution in [0.3, 0.4) is 0 Å². The lowest BCUT2D eigenvalue weighted by molar-refractivity contribution is 0.187. The molecule has 0 fully saturated rings. The number of nitrogens with two attached hydrogens (primary N) is 1. The molecule has 0 bridgehead atoms. The van der Waals surface area contributed by atoms with Crippen LogP contribution in [0.15, 0.2) is 0 Å². The highest BCUT2D eigenvalue weighted by Gasteiger charge is 1.95. The third kappa shape index (κ3) is 4.35. The molecule has 9 heavy (non-hydrogen) atoms. The lowest BCUT2D eigenvalue weighted by Gasteiger charge is -2.00. The minimum atomic E-state index is -1.36. The van der Waals surface area contributed by atoms with E-state index in [0.29, 0.717) is 0 Å². The molecule has 6 N–H and O–H groups in total. The molecule has 52 valence electrons. The Morgan fingerprint density at radius 2 is 1.89 bits per heavy atom. The molecule has 0 aliphatic carbocycles. The summed E-state index contributed by atoms with van der Waals surface area (Å²) < 4.78 is 0. The molecule has 0 unspecified atom stereocenters. The molecular weight excluding hydrogens is 128 g/mol. The zero-order chi connectivity index (χ0) is 7.28. The van der Waals surface area contributed by atoms with E-state index in [0.717, 1.165) is 0 Å². The number of nitrogens with one attached hydrogen (secondary N) is 3. The van der Waals surface area contributed by atoms with Crippen LogP contribution < -0.4 is 22.1 Å². The van der Waals surface area contributed by atoms with Crippen LogP contribution in [0.25, 0.3) is 0 Å². The van der Waals surface area contributed by atoms with Crippen LogP contribution in [0, 0.1) is 0 Å². The number of hydrogen-bond acceptors (Lipinski definition) is 3. The molecule has 0 heterocycles. The first-order chi connectivity index (χ1) is 4.16. The fraction of sp³-hybridized carbons (Fsp3) is 0. The summed E-state index contributed by atoms with van der Waals surface area (Å²) in [5, 5.41) is 7.86. The molecule has 0 saturated heterocycles. The summed E-state index contributed by atoms with van der Waals surface area (Å²) in [4.78, 5) is 19.7. The Morgan fingerprint density at radius 3 is 2.22 bits per heavy atom. The molecule has 0 saturated carbocycles. The minimum Gasteiger partial charge on any atom is -0.464 e. The average Bonchev–Trinajstić information content (AvgIpc) is 1.83. The van der Waals surface area contributed by atoms with E-state index in [1.807, 2.05) is 0 Å². The summed E-state index contributed by atoms with van der Waals surface area (Å²) >= 11 is 0. The molecule has 0 aromatic rings. The number of hydrazine groups is 2. The van der Waals surface area contributed by atoms with Gasteiger partial charge >= 0.3 is 12.1 Å². The van der Waals surface area contributed by atoms with E-state index < -0.39 is 12.1 Å². The maximum Gasteiger partial charge on any atom is 0.423 e. The highest BCUT2D eigenvalue weighted by molar-refractivity contribution is 5.76. The molecule has 7 nitrogen and oxygen atoms in total. The molecule has 0 aliphatic heterocycles. The summed E-state index contributed by atoms with van der Waals surface area (Å²) in [6.07, 6.45) is -1.36. The van der Waals surface area contributed by atoms with Crippen molar-refractivity contribution in [1.29, 1.82) is 0 Å². The number of rotatable bonds is 0. The van der Waals surface area contributed by atoms with Crippen molar-refractivity contribution in [2.75, 3.05) is 0 Å². The summed E-state index contributed by atoms with van der Waals surface area (Å²) in [5.74, 6) is 4.56. The van der Waals surface area contributed by atoms with Crippen molar-refractivity contribution in [2.45, 2.75) is 0 Å². The first kappa shape index (κ1) is 7.50. The van der Waals surface area contributed by atoms with Crippen molar-refractivity contribution in [3.05, 3.63) is 0 Å². The predicted octanol–water partition coefficient (Wildman–Crippen LogP) is -1.66. The summed E-state index contributed by atoms with van der Waals surface area (Å²) in [5.41, 5.74) is 4.92. The van der Waals surface area contributed by atoms with Gasteiger partial charge in [0.25, 0.3) is 0 Å². The fourth-order valence-electron chi connectivity index (χ4n) is 0.146. The van der Waals surface area contributed by atoms with E-state index in [-0.39, 0.29) is 0 Å². The van der Waals surface area contributed by atoms with Crippen LogP contribution in [0.1, 0.15) is 0 Å². The van der Waals surface area contributed by atoms with Crippen molar-refractivity contribution in [2.24, 2.45) is 5.84 Å². The molecular formula is C2H6N4O3. The van der Waals surface area contributed by atoms with E-state index in [4.69, 9.17) is 5.11 Å². The molecule has 0 atom stereocenters. The lowest BCUT2D eigenvalue weighted by atomic mass is 11.1. The molecule has 0 aromatic carbocycles. The summed E-state index contributed by atoms with van der Waals surface area (Å²) in [7, 11) is 0. The zero-order valence-corrected chi connectivity index (χ0v) is 4.34. The highest BCUT2D eigenvalue weighted by Crippen LogP contribution is 1.54. The summed E-state index contributed by atoms with van der Waals surface area (Å²) in [6, 6.07) is -0.822. The van der Waals surface area contributed by atoms with Gasteiger partial charge in [-0.1, -0.05) is 0 Å². The normalized spacial score (nSPS) is 7.67. The Morgan fingerprint density at radius 1 is 1.33 bits per heavy atom. The number of hydrogen-bond donors (Lipinski definition) is 5. The fourth-order valence-corrected chi connectivity index (χ4v) is 0.146.